The summed E-state index contributed by atoms with van der Waals surface area (Å²) in [6.07, 6.45) is 15.9. The zero-order valence-corrected chi connectivity index (χ0v) is 17.8. The lowest BCUT2D eigenvalue weighted by molar-refractivity contribution is -0.135. The zero-order chi connectivity index (χ0) is 20.7. The van der Waals surface area contributed by atoms with Crippen molar-refractivity contribution >= 4 is 5.91 Å². The Hall–Kier alpha value is -2.65. The lowest BCUT2D eigenvalue weighted by atomic mass is 9.74. The largest absolute Gasteiger partial charge is 0.491 e. The van der Waals surface area contributed by atoms with Gasteiger partial charge in [0, 0.05) is 18.2 Å². The van der Waals surface area contributed by atoms with Gasteiger partial charge in [0.15, 0.2) is 5.76 Å². The summed E-state index contributed by atoms with van der Waals surface area (Å²) in [4.78, 5) is 16.0. The molecule has 2 unspecified atom stereocenters. The number of amides is 1. The van der Waals surface area contributed by atoms with Gasteiger partial charge in [-0.15, -0.1) is 0 Å². The number of hydrogen-bond donors (Lipinski definition) is 0. The minimum absolute atomic E-state index is 0.153. The fourth-order valence-corrected chi connectivity index (χ4v) is 5.08. The van der Waals surface area contributed by atoms with Crippen molar-refractivity contribution in [1.82, 2.24) is 4.90 Å². The third kappa shape index (κ3) is 2.87. The maximum Gasteiger partial charge on any atom is 0.241 e. The van der Waals surface area contributed by atoms with Crippen molar-refractivity contribution in [2.45, 2.75) is 52.0 Å². The number of carbonyl (C=O) groups is 1. The molecule has 5 nitrogen and oxygen atoms in total. The van der Waals surface area contributed by atoms with Crippen LogP contribution in [0.5, 0.6) is 0 Å². The van der Waals surface area contributed by atoms with E-state index in [4.69, 9.17) is 14.2 Å². The minimum Gasteiger partial charge on any atom is -0.491 e. The number of ether oxygens (including phenoxy) is 3. The Morgan fingerprint density at radius 3 is 2.90 bits per heavy atom. The molecule has 5 heteroatoms. The van der Waals surface area contributed by atoms with E-state index in [-0.39, 0.29) is 18.7 Å². The van der Waals surface area contributed by atoms with Crippen LogP contribution >= 0.6 is 0 Å². The predicted octanol–water partition coefficient (Wildman–Crippen LogP) is 4.51. The van der Waals surface area contributed by atoms with Gasteiger partial charge >= 0.3 is 0 Å². The highest BCUT2D eigenvalue weighted by Crippen LogP contribution is 2.54. The van der Waals surface area contributed by atoms with Gasteiger partial charge in [0.2, 0.25) is 18.5 Å². The molecule has 3 aliphatic carbocycles. The molecule has 1 saturated carbocycles. The van der Waals surface area contributed by atoms with E-state index < -0.39 is 5.41 Å². The molecule has 0 aromatic rings. The first-order valence-electron chi connectivity index (χ1n) is 11.3. The quantitative estimate of drug-likeness (QED) is 0.646. The first-order valence-corrected chi connectivity index (χ1v) is 11.3. The molecule has 0 bridgehead atoms. The summed E-state index contributed by atoms with van der Waals surface area (Å²) < 4.78 is 17.1. The number of likely N-dealkylation sites (tertiary alicyclic amines) is 1. The van der Waals surface area contributed by atoms with Crippen LogP contribution < -0.4 is 0 Å². The van der Waals surface area contributed by atoms with E-state index in [0.29, 0.717) is 23.9 Å². The molecule has 1 amide bonds. The SMILES string of the molecule is CC.O=C1N(CCC2CC2)C2CCC=CC=C2C12COC1=C2C=C=C2OCOC2=C1. The topological polar surface area (TPSA) is 48.0 Å². The summed E-state index contributed by atoms with van der Waals surface area (Å²) in [6, 6.07) is 0.153. The Balaban J connectivity index is 0.000000937. The average molecular weight is 408 g/mol. The molecule has 3 heterocycles. The highest BCUT2D eigenvalue weighted by molar-refractivity contribution is 5.96. The van der Waals surface area contributed by atoms with Crippen LogP contribution in [0.3, 0.4) is 0 Å². The smallest absolute Gasteiger partial charge is 0.241 e. The number of fused-ring (bicyclic) bond motifs is 4. The molecule has 6 rings (SSSR count). The third-order valence-electron chi connectivity index (χ3n) is 6.77. The van der Waals surface area contributed by atoms with Gasteiger partial charge in [-0.1, -0.05) is 50.6 Å². The van der Waals surface area contributed by atoms with Crippen molar-refractivity contribution in [1.29, 1.82) is 0 Å². The van der Waals surface area contributed by atoms with E-state index in [1.165, 1.54) is 18.4 Å². The molecular weight excluding hydrogens is 378 g/mol. The molecular formula is C25H29NO4. The Kier molecular flexibility index (Phi) is 4.86. The van der Waals surface area contributed by atoms with E-state index in [0.717, 1.165) is 37.3 Å². The molecule has 0 N–H and O–H groups in total. The summed E-state index contributed by atoms with van der Waals surface area (Å²) in [5.41, 5.74) is 4.50. The molecule has 0 radical (unpaired) electrons. The Labute approximate surface area is 178 Å². The molecule has 1 spiro atoms. The van der Waals surface area contributed by atoms with E-state index in [2.05, 4.69) is 28.9 Å². The average Bonchev–Trinajstić information content (AvgIpc) is 3.45. The number of hydrogen-bond acceptors (Lipinski definition) is 4. The van der Waals surface area contributed by atoms with Crippen molar-refractivity contribution in [3.05, 3.63) is 64.5 Å². The van der Waals surface area contributed by atoms with E-state index in [1.54, 1.807) is 0 Å². The first-order chi connectivity index (χ1) is 14.8. The maximum absolute atomic E-state index is 13.9. The van der Waals surface area contributed by atoms with Crippen LogP contribution in [-0.4, -0.2) is 36.8 Å². The van der Waals surface area contributed by atoms with Gasteiger partial charge in [-0.05, 0) is 36.8 Å². The van der Waals surface area contributed by atoms with Gasteiger partial charge in [-0.25, -0.2) is 0 Å². The van der Waals surface area contributed by atoms with E-state index in [1.807, 2.05) is 26.0 Å². The van der Waals surface area contributed by atoms with Gasteiger partial charge < -0.3 is 19.1 Å². The number of carbonyl (C=O) groups excluding carboxylic acids is 1. The number of nitrogens with zero attached hydrogens (tertiary/aromatic N) is 1. The van der Waals surface area contributed by atoms with Crippen molar-refractivity contribution in [2.24, 2.45) is 11.3 Å². The number of rotatable bonds is 3. The zero-order valence-electron chi connectivity index (χ0n) is 17.8. The van der Waals surface area contributed by atoms with Crippen LogP contribution in [0.2, 0.25) is 0 Å². The van der Waals surface area contributed by atoms with Crippen molar-refractivity contribution in [2.75, 3.05) is 19.9 Å². The summed E-state index contributed by atoms with van der Waals surface area (Å²) in [7, 11) is 0. The Morgan fingerprint density at radius 1 is 1.20 bits per heavy atom. The fraction of sp³-hybridized carbons (Fsp3) is 0.520. The predicted molar refractivity (Wildman–Crippen MR) is 113 cm³/mol. The van der Waals surface area contributed by atoms with Crippen molar-refractivity contribution < 1.29 is 19.0 Å². The molecule has 6 aliphatic rings. The molecule has 158 valence electrons. The normalized spacial score (nSPS) is 30.6. The Morgan fingerprint density at radius 2 is 2.07 bits per heavy atom. The summed E-state index contributed by atoms with van der Waals surface area (Å²) in [6.45, 7) is 5.39. The standard InChI is InChI=1S/C23H23NO4.C2H6/c25-22-23(13-26-20-12-21-19(27-14-28-21)9-8-17(20)23)16-4-2-1-3-5-18(16)24(22)11-10-15-6-7-15;1-2/h1-2,4,8,12,15,18H,3,5-7,10-11,13-14H2;1-2H3. The van der Waals surface area contributed by atoms with Crippen LogP contribution in [0, 0.1) is 11.3 Å². The Bertz CT molecular complexity index is 942. The first kappa shape index (κ1) is 19.3. The van der Waals surface area contributed by atoms with Crippen LogP contribution in [0.4, 0.5) is 0 Å². The summed E-state index contributed by atoms with van der Waals surface area (Å²) in [5, 5.41) is 0. The van der Waals surface area contributed by atoms with Crippen molar-refractivity contribution in [3.8, 4) is 0 Å². The lowest BCUT2D eigenvalue weighted by Gasteiger charge is -2.24. The van der Waals surface area contributed by atoms with Crippen LogP contribution in [-0.2, 0) is 19.0 Å². The third-order valence-corrected chi connectivity index (χ3v) is 6.77. The molecule has 0 aromatic carbocycles. The molecule has 3 fully saturated rings. The monoisotopic (exact) mass is 407 g/mol. The molecule has 0 aromatic heterocycles. The molecule has 3 aliphatic heterocycles. The van der Waals surface area contributed by atoms with Gasteiger partial charge in [0.25, 0.3) is 0 Å². The molecule has 2 atom stereocenters. The van der Waals surface area contributed by atoms with Crippen molar-refractivity contribution in [3.63, 3.8) is 0 Å². The summed E-state index contributed by atoms with van der Waals surface area (Å²) in [5.74, 6) is 2.89. The second kappa shape index (κ2) is 7.55. The van der Waals surface area contributed by atoms with Crippen LogP contribution in [0.25, 0.3) is 0 Å². The molecule has 30 heavy (non-hydrogen) atoms. The second-order valence-corrected chi connectivity index (χ2v) is 8.38. The fourth-order valence-electron chi connectivity index (χ4n) is 5.08. The highest BCUT2D eigenvalue weighted by atomic mass is 16.7. The van der Waals surface area contributed by atoms with E-state index >= 15 is 0 Å². The van der Waals surface area contributed by atoms with Gasteiger partial charge in [-0.2, -0.15) is 0 Å². The van der Waals surface area contributed by atoms with Crippen LogP contribution in [0.15, 0.2) is 64.5 Å². The minimum atomic E-state index is -0.749. The van der Waals surface area contributed by atoms with Gasteiger partial charge in [0.1, 0.15) is 17.8 Å². The van der Waals surface area contributed by atoms with E-state index in [9.17, 15) is 4.79 Å². The van der Waals surface area contributed by atoms with Gasteiger partial charge in [0.05, 0.1) is 6.04 Å². The molecule has 2 saturated heterocycles. The van der Waals surface area contributed by atoms with Gasteiger partial charge in [-0.3, -0.25) is 4.79 Å². The summed E-state index contributed by atoms with van der Waals surface area (Å²) >= 11 is 0. The number of allylic oxidation sites excluding steroid dienone is 4. The lowest BCUT2D eigenvalue weighted by Crippen LogP contribution is -2.39. The van der Waals surface area contributed by atoms with Crippen LogP contribution in [0.1, 0.15) is 46.0 Å². The second-order valence-electron chi connectivity index (χ2n) is 8.38. The highest BCUT2D eigenvalue weighted by Gasteiger charge is 2.60. The maximum atomic E-state index is 13.9.